The summed E-state index contributed by atoms with van der Waals surface area (Å²) >= 11 is 0. The van der Waals surface area contributed by atoms with Crippen molar-refractivity contribution in [3.05, 3.63) is 48.0 Å². The van der Waals surface area contributed by atoms with E-state index >= 15 is 0 Å². The zero-order chi connectivity index (χ0) is 10.7. The van der Waals surface area contributed by atoms with E-state index in [1.807, 2.05) is 30.3 Å². The van der Waals surface area contributed by atoms with Crippen LogP contribution < -0.4 is 0 Å². The summed E-state index contributed by atoms with van der Waals surface area (Å²) in [4.78, 5) is 10.8. The van der Waals surface area contributed by atoms with Crippen molar-refractivity contribution in [2.45, 2.75) is 12.2 Å². The van der Waals surface area contributed by atoms with Crippen LogP contribution in [-0.4, -0.2) is 19.2 Å². The summed E-state index contributed by atoms with van der Waals surface area (Å²) in [5, 5.41) is 0. The van der Waals surface area contributed by atoms with Gasteiger partial charge in [-0.3, -0.25) is 0 Å². The minimum Gasteiger partial charge on any atom is -0.466 e. The molecule has 0 aliphatic carbocycles. The predicted molar refractivity (Wildman–Crippen MR) is 55.2 cm³/mol. The molecule has 1 heterocycles. The number of carbonyl (C=O) groups is 1. The van der Waals surface area contributed by atoms with Gasteiger partial charge >= 0.3 is 5.97 Å². The zero-order valence-electron chi connectivity index (χ0n) is 8.42. The molecule has 0 aromatic heterocycles. The number of epoxide rings is 1. The molecule has 1 fully saturated rings. The second-order valence-corrected chi connectivity index (χ2v) is 3.31. The molecule has 1 saturated heterocycles. The van der Waals surface area contributed by atoms with Crippen molar-refractivity contribution in [3.8, 4) is 0 Å². The first-order valence-corrected chi connectivity index (χ1v) is 4.78. The van der Waals surface area contributed by atoms with Gasteiger partial charge < -0.3 is 9.47 Å². The zero-order valence-corrected chi connectivity index (χ0v) is 8.42. The Balaban J connectivity index is 1.92. The fourth-order valence-electron chi connectivity index (χ4n) is 1.42. The lowest BCUT2D eigenvalue weighted by atomic mass is 10.1. The van der Waals surface area contributed by atoms with E-state index in [2.05, 4.69) is 4.74 Å². The van der Waals surface area contributed by atoms with Gasteiger partial charge in [-0.25, -0.2) is 4.79 Å². The number of methoxy groups -OCH3 is 1. The van der Waals surface area contributed by atoms with Crippen LogP contribution in [0.4, 0.5) is 0 Å². The molecule has 3 nitrogen and oxygen atoms in total. The molecule has 0 amide bonds. The van der Waals surface area contributed by atoms with Gasteiger partial charge in [-0.2, -0.15) is 0 Å². The first-order chi connectivity index (χ1) is 7.31. The molecule has 15 heavy (non-hydrogen) atoms. The highest BCUT2D eigenvalue weighted by atomic mass is 16.6. The molecule has 0 spiro atoms. The molecular weight excluding hydrogens is 192 g/mol. The molecule has 1 aromatic rings. The first-order valence-electron chi connectivity index (χ1n) is 4.78. The molecule has 3 heteroatoms. The fraction of sp³-hybridized carbons (Fsp3) is 0.250. The summed E-state index contributed by atoms with van der Waals surface area (Å²) in [5.41, 5.74) is 1.14. The maximum Gasteiger partial charge on any atom is 0.330 e. The maximum atomic E-state index is 10.8. The molecule has 0 bridgehead atoms. The third-order valence-corrected chi connectivity index (χ3v) is 2.28. The minimum absolute atomic E-state index is 0.00602. The first kappa shape index (κ1) is 9.93. The molecule has 2 rings (SSSR count). The van der Waals surface area contributed by atoms with Gasteiger partial charge in [0.1, 0.15) is 12.2 Å². The predicted octanol–water partition coefficient (Wildman–Crippen LogP) is 1.86. The van der Waals surface area contributed by atoms with Crippen LogP contribution in [0.15, 0.2) is 42.5 Å². The molecule has 2 atom stereocenters. The van der Waals surface area contributed by atoms with Crippen LogP contribution in [0.2, 0.25) is 0 Å². The number of hydrogen-bond donors (Lipinski definition) is 0. The lowest BCUT2D eigenvalue weighted by Crippen LogP contribution is -1.95. The molecule has 0 radical (unpaired) electrons. The summed E-state index contributed by atoms with van der Waals surface area (Å²) in [6.07, 6.45) is 3.22. The van der Waals surface area contributed by atoms with E-state index in [0.717, 1.165) is 5.56 Å². The van der Waals surface area contributed by atoms with Crippen molar-refractivity contribution in [2.75, 3.05) is 7.11 Å². The van der Waals surface area contributed by atoms with Crippen LogP contribution >= 0.6 is 0 Å². The Hall–Kier alpha value is -1.61. The normalized spacial score (nSPS) is 24.1. The number of hydrogen-bond acceptors (Lipinski definition) is 3. The van der Waals surface area contributed by atoms with Crippen molar-refractivity contribution in [2.24, 2.45) is 0 Å². The van der Waals surface area contributed by atoms with Crippen molar-refractivity contribution in [3.63, 3.8) is 0 Å². The number of rotatable bonds is 3. The van der Waals surface area contributed by atoms with Crippen LogP contribution in [0.3, 0.4) is 0 Å². The fourth-order valence-corrected chi connectivity index (χ4v) is 1.42. The lowest BCUT2D eigenvalue weighted by molar-refractivity contribution is -0.134. The van der Waals surface area contributed by atoms with Crippen molar-refractivity contribution in [1.29, 1.82) is 0 Å². The van der Waals surface area contributed by atoms with Crippen LogP contribution in [0.5, 0.6) is 0 Å². The number of carbonyl (C=O) groups excluding carboxylic acids is 1. The van der Waals surface area contributed by atoms with Gasteiger partial charge in [0.05, 0.1) is 7.11 Å². The Morgan fingerprint density at radius 1 is 1.40 bits per heavy atom. The SMILES string of the molecule is COC(=O)/C=C\[C@@H]1O[C@@H]1c1ccccc1. The standard InChI is InChI=1S/C12H12O3/c1-14-11(13)8-7-10-12(15-10)9-5-3-2-4-6-9/h2-8,10,12H,1H3/b8-7-/t10-,12+/m0/s1. The summed E-state index contributed by atoms with van der Waals surface area (Å²) in [5.74, 6) is -0.350. The number of esters is 1. The quantitative estimate of drug-likeness (QED) is 0.428. The van der Waals surface area contributed by atoms with Gasteiger partial charge in [-0.1, -0.05) is 30.3 Å². The summed E-state index contributed by atoms with van der Waals surface area (Å²) in [6.45, 7) is 0. The summed E-state index contributed by atoms with van der Waals surface area (Å²) < 4.78 is 9.89. The largest absolute Gasteiger partial charge is 0.466 e. The van der Waals surface area contributed by atoms with Crippen LogP contribution in [0.1, 0.15) is 11.7 Å². The van der Waals surface area contributed by atoms with E-state index < -0.39 is 0 Å². The average Bonchev–Trinajstić information content (AvgIpc) is 3.06. The second-order valence-electron chi connectivity index (χ2n) is 3.31. The molecule has 0 saturated carbocycles. The van der Waals surface area contributed by atoms with Gasteiger partial charge in [0.15, 0.2) is 0 Å². The third-order valence-electron chi connectivity index (χ3n) is 2.28. The molecule has 1 aliphatic heterocycles. The van der Waals surface area contributed by atoms with Crippen molar-refractivity contribution < 1.29 is 14.3 Å². The Labute approximate surface area is 88.3 Å². The minimum atomic E-state index is -0.350. The maximum absolute atomic E-state index is 10.8. The van der Waals surface area contributed by atoms with Gasteiger partial charge in [-0.15, -0.1) is 0 Å². The molecule has 1 aliphatic rings. The molecule has 1 aromatic carbocycles. The smallest absolute Gasteiger partial charge is 0.330 e. The third kappa shape index (κ3) is 2.44. The van der Waals surface area contributed by atoms with Gasteiger partial charge in [0.2, 0.25) is 0 Å². The van der Waals surface area contributed by atoms with E-state index in [1.54, 1.807) is 6.08 Å². The second kappa shape index (κ2) is 4.28. The lowest BCUT2D eigenvalue weighted by Gasteiger charge is -1.92. The van der Waals surface area contributed by atoms with Gasteiger partial charge in [-0.05, 0) is 11.6 Å². The van der Waals surface area contributed by atoms with E-state index in [1.165, 1.54) is 13.2 Å². The van der Waals surface area contributed by atoms with Crippen molar-refractivity contribution in [1.82, 2.24) is 0 Å². The Morgan fingerprint density at radius 3 is 2.80 bits per heavy atom. The van der Waals surface area contributed by atoms with Gasteiger partial charge in [0, 0.05) is 6.08 Å². The monoisotopic (exact) mass is 204 g/mol. The van der Waals surface area contributed by atoms with E-state index in [-0.39, 0.29) is 18.2 Å². The molecule has 0 unspecified atom stereocenters. The Morgan fingerprint density at radius 2 is 2.13 bits per heavy atom. The Bertz CT molecular complexity index is 370. The highest BCUT2D eigenvalue weighted by molar-refractivity contribution is 5.81. The molecule has 78 valence electrons. The van der Waals surface area contributed by atoms with Crippen LogP contribution in [-0.2, 0) is 14.3 Å². The van der Waals surface area contributed by atoms with Crippen LogP contribution in [0.25, 0.3) is 0 Å². The van der Waals surface area contributed by atoms with Gasteiger partial charge in [0.25, 0.3) is 0 Å². The summed E-state index contributed by atoms with van der Waals surface area (Å²) in [7, 11) is 1.36. The number of benzene rings is 1. The van der Waals surface area contributed by atoms with E-state index in [9.17, 15) is 4.79 Å². The topological polar surface area (TPSA) is 38.8 Å². The summed E-state index contributed by atoms with van der Waals surface area (Å²) in [6, 6.07) is 9.93. The number of ether oxygens (including phenoxy) is 2. The van der Waals surface area contributed by atoms with E-state index in [4.69, 9.17) is 4.74 Å². The van der Waals surface area contributed by atoms with Crippen molar-refractivity contribution >= 4 is 5.97 Å². The Kier molecular flexibility index (Phi) is 2.83. The average molecular weight is 204 g/mol. The molecule has 0 N–H and O–H groups in total. The van der Waals surface area contributed by atoms with Crippen LogP contribution in [0, 0.1) is 0 Å². The van der Waals surface area contributed by atoms with E-state index in [0.29, 0.717) is 0 Å². The highest BCUT2D eigenvalue weighted by Gasteiger charge is 2.37. The molecular formula is C12H12O3. The highest BCUT2D eigenvalue weighted by Crippen LogP contribution is 2.39.